The van der Waals surface area contributed by atoms with Crippen molar-refractivity contribution in [2.24, 2.45) is 35.5 Å². The first kappa shape index (κ1) is 13.4. The summed E-state index contributed by atoms with van der Waals surface area (Å²) in [6.45, 7) is 4.04. The molecule has 6 unspecified atom stereocenters. The van der Waals surface area contributed by atoms with Crippen molar-refractivity contribution in [1.29, 1.82) is 0 Å². The maximum Gasteiger partial charge on any atom is 0.306 e. The average Bonchev–Trinajstić information content (AvgIpc) is 2.27. The van der Waals surface area contributed by atoms with E-state index in [1.54, 1.807) is 0 Å². The Balaban J connectivity index is 2.23. The molecule has 4 heteroatoms. The van der Waals surface area contributed by atoms with Gasteiger partial charge in [-0.05, 0) is 49.4 Å². The summed E-state index contributed by atoms with van der Waals surface area (Å²) in [6.07, 6.45) is 3.34. The molecule has 102 valence electrons. The predicted molar refractivity (Wildman–Crippen MR) is 66.0 cm³/mol. The number of hydrogen-bond donors (Lipinski definition) is 2. The van der Waals surface area contributed by atoms with Crippen LogP contribution in [0.15, 0.2) is 0 Å². The summed E-state index contributed by atoms with van der Waals surface area (Å²) in [5.41, 5.74) is 0. The van der Waals surface area contributed by atoms with Crippen molar-refractivity contribution >= 4 is 11.9 Å². The third-order valence-corrected chi connectivity index (χ3v) is 5.10. The predicted octanol–water partition coefficient (Wildman–Crippen LogP) is 2.48. The second-order valence-electron chi connectivity index (χ2n) is 6.24. The molecule has 6 atom stereocenters. The van der Waals surface area contributed by atoms with Gasteiger partial charge < -0.3 is 10.2 Å². The van der Waals surface area contributed by atoms with Gasteiger partial charge >= 0.3 is 11.9 Å². The van der Waals surface area contributed by atoms with E-state index >= 15 is 0 Å². The summed E-state index contributed by atoms with van der Waals surface area (Å²) in [5.74, 6) is -1.33. The highest BCUT2D eigenvalue weighted by molar-refractivity contribution is 5.72. The van der Waals surface area contributed by atoms with Gasteiger partial charge in [0.15, 0.2) is 0 Å². The van der Waals surface area contributed by atoms with Crippen LogP contribution in [0.25, 0.3) is 0 Å². The van der Waals surface area contributed by atoms with Crippen molar-refractivity contribution in [2.45, 2.75) is 39.5 Å². The standard InChI is InChI=1S/C14H22O4/c1-7-5-9-3-4-10(13(15)16)8(2)12(9)11(6-7)14(17)18/h7-12H,3-6H2,1-2H3,(H,15,16)(H,17,18). The van der Waals surface area contributed by atoms with Crippen molar-refractivity contribution in [3.63, 3.8) is 0 Å². The van der Waals surface area contributed by atoms with Crippen LogP contribution < -0.4 is 0 Å². The van der Waals surface area contributed by atoms with Gasteiger partial charge in [0.25, 0.3) is 0 Å². The minimum atomic E-state index is -0.760. The average molecular weight is 254 g/mol. The largest absolute Gasteiger partial charge is 0.481 e. The molecule has 4 nitrogen and oxygen atoms in total. The van der Waals surface area contributed by atoms with Crippen LogP contribution >= 0.6 is 0 Å². The van der Waals surface area contributed by atoms with Crippen LogP contribution in [0, 0.1) is 35.5 Å². The Kier molecular flexibility index (Phi) is 3.64. The number of carbonyl (C=O) groups is 2. The number of hydrogen-bond acceptors (Lipinski definition) is 2. The summed E-state index contributed by atoms with van der Waals surface area (Å²) >= 11 is 0. The molecule has 0 radical (unpaired) electrons. The molecule has 2 aliphatic rings. The van der Waals surface area contributed by atoms with Gasteiger partial charge in [0, 0.05) is 0 Å². The minimum absolute atomic E-state index is 0.0187. The molecular formula is C14H22O4. The Morgan fingerprint density at radius 2 is 1.56 bits per heavy atom. The molecule has 0 aliphatic heterocycles. The van der Waals surface area contributed by atoms with Crippen LogP contribution in [0.1, 0.15) is 39.5 Å². The van der Waals surface area contributed by atoms with E-state index in [4.69, 9.17) is 0 Å². The monoisotopic (exact) mass is 254 g/mol. The van der Waals surface area contributed by atoms with Crippen molar-refractivity contribution < 1.29 is 19.8 Å². The van der Waals surface area contributed by atoms with Crippen molar-refractivity contribution in [2.75, 3.05) is 0 Å². The SMILES string of the molecule is CC1CC2CCC(C(=O)O)C(C)C2C(C(=O)O)C1. The summed E-state index contributed by atoms with van der Waals surface area (Å²) in [6, 6.07) is 0. The lowest BCUT2D eigenvalue weighted by Gasteiger charge is -2.47. The Labute approximate surface area is 107 Å². The molecule has 18 heavy (non-hydrogen) atoms. The molecule has 0 spiro atoms. The van der Waals surface area contributed by atoms with E-state index in [2.05, 4.69) is 6.92 Å². The van der Waals surface area contributed by atoms with E-state index in [0.29, 0.717) is 24.7 Å². The zero-order valence-electron chi connectivity index (χ0n) is 11.0. The van der Waals surface area contributed by atoms with Gasteiger partial charge in [-0.1, -0.05) is 13.8 Å². The molecule has 2 rings (SSSR count). The van der Waals surface area contributed by atoms with Crippen molar-refractivity contribution in [1.82, 2.24) is 0 Å². The fraction of sp³-hybridized carbons (Fsp3) is 0.857. The highest BCUT2D eigenvalue weighted by Gasteiger charge is 2.48. The molecule has 0 amide bonds. The second kappa shape index (κ2) is 4.90. The second-order valence-corrected chi connectivity index (χ2v) is 6.24. The van der Waals surface area contributed by atoms with E-state index in [0.717, 1.165) is 12.8 Å². The zero-order chi connectivity index (χ0) is 13.4. The van der Waals surface area contributed by atoms with E-state index in [1.807, 2.05) is 6.92 Å². The Bertz CT molecular complexity index is 352. The Morgan fingerprint density at radius 3 is 2.11 bits per heavy atom. The van der Waals surface area contributed by atoms with E-state index in [-0.39, 0.29) is 23.7 Å². The molecule has 0 aromatic heterocycles. The first-order chi connectivity index (χ1) is 8.41. The van der Waals surface area contributed by atoms with Crippen LogP contribution in [0.5, 0.6) is 0 Å². The third kappa shape index (κ3) is 2.25. The van der Waals surface area contributed by atoms with Crippen LogP contribution in [0.3, 0.4) is 0 Å². The lowest BCUT2D eigenvalue weighted by atomic mass is 9.56. The smallest absolute Gasteiger partial charge is 0.306 e. The van der Waals surface area contributed by atoms with Gasteiger partial charge in [0.05, 0.1) is 11.8 Å². The highest BCUT2D eigenvalue weighted by Crippen LogP contribution is 2.50. The van der Waals surface area contributed by atoms with Gasteiger partial charge in [0.1, 0.15) is 0 Å². The normalized spacial score (nSPS) is 44.1. The maximum absolute atomic E-state index is 11.4. The molecule has 2 N–H and O–H groups in total. The molecule has 0 aromatic carbocycles. The molecule has 2 fully saturated rings. The minimum Gasteiger partial charge on any atom is -0.481 e. The molecule has 2 aliphatic carbocycles. The molecule has 0 aromatic rings. The topological polar surface area (TPSA) is 74.6 Å². The van der Waals surface area contributed by atoms with Gasteiger partial charge in [-0.3, -0.25) is 9.59 Å². The summed E-state index contributed by atoms with van der Waals surface area (Å²) < 4.78 is 0. The number of carboxylic acid groups (broad SMARTS) is 2. The van der Waals surface area contributed by atoms with E-state index < -0.39 is 11.9 Å². The van der Waals surface area contributed by atoms with Gasteiger partial charge in [-0.25, -0.2) is 0 Å². The van der Waals surface area contributed by atoms with E-state index in [9.17, 15) is 19.8 Å². The Hall–Kier alpha value is -1.06. The van der Waals surface area contributed by atoms with Gasteiger partial charge in [-0.2, -0.15) is 0 Å². The Morgan fingerprint density at radius 1 is 0.944 bits per heavy atom. The lowest BCUT2D eigenvalue weighted by molar-refractivity contribution is -0.157. The first-order valence-corrected chi connectivity index (χ1v) is 6.87. The summed E-state index contributed by atoms with van der Waals surface area (Å²) in [5, 5.41) is 18.6. The van der Waals surface area contributed by atoms with Crippen LogP contribution in [0.2, 0.25) is 0 Å². The van der Waals surface area contributed by atoms with Crippen molar-refractivity contribution in [3.05, 3.63) is 0 Å². The zero-order valence-corrected chi connectivity index (χ0v) is 11.0. The lowest BCUT2D eigenvalue weighted by Crippen LogP contribution is -2.46. The molecule has 2 saturated carbocycles. The van der Waals surface area contributed by atoms with Gasteiger partial charge in [-0.15, -0.1) is 0 Å². The molecule has 0 heterocycles. The van der Waals surface area contributed by atoms with Crippen LogP contribution in [0.4, 0.5) is 0 Å². The number of aliphatic carboxylic acids is 2. The molecule has 0 saturated heterocycles. The fourth-order valence-corrected chi connectivity index (χ4v) is 4.33. The van der Waals surface area contributed by atoms with Crippen LogP contribution in [-0.4, -0.2) is 22.2 Å². The number of rotatable bonds is 2. The first-order valence-electron chi connectivity index (χ1n) is 6.87. The molecular weight excluding hydrogens is 232 g/mol. The van der Waals surface area contributed by atoms with Crippen molar-refractivity contribution in [3.8, 4) is 0 Å². The maximum atomic E-state index is 11.4. The third-order valence-electron chi connectivity index (χ3n) is 5.10. The van der Waals surface area contributed by atoms with E-state index in [1.165, 1.54) is 0 Å². The number of carboxylic acids is 2. The molecule has 0 bridgehead atoms. The van der Waals surface area contributed by atoms with Gasteiger partial charge in [0.2, 0.25) is 0 Å². The summed E-state index contributed by atoms with van der Waals surface area (Å²) in [4.78, 5) is 22.7. The number of fused-ring (bicyclic) bond motifs is 1. The quantitative estimate of drug-likeness (QED) is 0.794. The van der Waals surface area contributed by atoms with Crippen LogP contribution in [-0.2, 0) is 9.59 Å². The highest BCUT2D eigenvalue weighted by atomic mass is 16.4. The summed E-state index contributed by atoms with van der Waals surface area (Å²) in [7, 11) is 0. The fourth-order valence-electron chi connectivity index (χ4n) is 4.33.